The van der Waals surface area contributed by atoms with Gasteiger partial charge in [-0.15, -0.1) is 0 Å². The topological polar surface area (TPSA) is 138 Å². The van der Waals surface area contributed by atoms with Crippen molar-refractivity contribution < 1.29 is 28.6 Å². The quantitative estimate of drug-likeness (QED) is 0.111. The lowest BCUT2D eigenvalue weighted by Crippen LogP contribution is -2.27. The first-order valence-electron chi connectivity index (χ1n) is 14.5. The number of aromatic nitrogens is 2. The molecule has 11 nitrogen and oxygen atoms in total. The summed E-state index contributed by atoms with van der Waals surface area (Å²) in [7, 11) is 3.16. The smallest absolute Gasteiger partial charge is 0.338 e. The number of para-hydroxylation sites is 1. The molecule has 0 bridgehead atoms. The maximum Gasteiger partial charge on any atom is 0.338 e. The van der Waals surface area contributed by atoms with Crippen LogP contribution in [0.25, 0.3) is 10.9 Å². The number of anilines is 1. The predicted molar refractivity (Wildman–Crippen MR) is 173 cm³/mol. The van der Waals surface area contributed by atoms with Crippen LogP contribution >= 0.6 is 11.8 Å². The molecule has 0 atom stereocenters. The Balaban J connectivity index is 1.34. The minimum Gasteiger partial charge on any atom is -0.493 e. The molecule has 1 heterocycles. The molecule has 0 spiro atoms. The molecular weight excluding hydrogens is 596 g/mol. The number of benzene rings is 3. The third-order valence-corrected chi connectivity index (χ3v) is 7.78. The number of rotatable bonds is 15. The van der Waals surface area contributed by atoms with Gasteiger partial charge in [-0.05, 0) is 73.9 Å². The number of esters is 1. The van der Waals surface area contributed by atoms with E-state index in [9.17, 15) is 19.2 Å². The zero-order chi connectivity index (χ0) is 32.2. The van der Waals surface area contributed by atoms with Gasteiger partial charge in [-0.25, -0.2) is 9.78 Å². The molecule has 2 N–H and O–H groups in total. The van der Waals surface area contributed by atoms with E-state index in [2.05, 4.69) is 15.6 Å². The largest absolute Gasteiger partial charge is 0.493 e. The Labute approximate surface area is 265 Å². The number of ether oxygens (including phenoxy) is 3. The van der Waals surface area contributed by atoms with Crippen LogP contribution in [0.1, 0.15) is 35.7 Å². The van der Waals surface area contributed by atoms with Gasteiger partial charge in [0.2, 0.25) is 11.8 Å². The van der Waals surface area contributed by atoms with Gasteiger partial charge in [0.15, 0.2) is 16.7 Å². The van der Waals surface area contributed by atoms with Crippen molar-refractivity contribution in [1.29, 1.82) is 0 Å². The fraction of sp³-hybridized carbons (Fsp3) is 0.303. The second-order valence-corrected chi connectivity index (χ2v) is 10.8. The average molecular weight is 633 g/mol. The maximum atomic E-state index is 13.4. The predicted octanol–water partition coefficient (Wildman–Crippen LogP) is 4.46. The highest BCUT2D eigenvalue weighted by Crippen LogP contribution is 2.27. The van der Waals surface area contributed by atoms with Crippen LogP contribution in [0.3, 0.4) is 0 Å². The Hall–Kier alpha value is -4.84. The molecule has 2 amide bonds. The lowest BCUT2D eigenvalue weighted by molar-refractivity contribution is -0.121. The summed E-state index contributed by atoms with van der Waals surface area (Å²) in [6.07, 6.45) is 1.25. The molecule has 0 saturated heterocycles. The summed E-state index contributed by atoms with van der Waals surface area (Å²) >= 11 is 1.14. The number of carbonyl (C=O) groups excluding carboxylic acids is 3. The van der Waals surface area contributed by atoms with Gasteiger partial charge >= 0.3 is 5.97 Å². The molecule has 4 aromatic rings. The van der Waals surface area contributed by atoms with Crippen molar-refractivity contribution >= 4 is 46.1 Å². The summed E-state index contributed by atoms with van der Waals surface area (Å²) in [6, 6.07) is 19.1. The third kappa shape index (κ3) is 9.08. The Morgan fingerprint density at radius 2 is 1.69 bits per heavy atom. The van der Waals surface area contributed by atoms with E-state index in [1.54, 1.807) is 69.7 Å². The minimum atomic E-state index is -0.432. The van der Waals surface area contributed by atoms with Crippen molar-refractivity contribution in [3.63, 3.8) is 0 Å². The van der Waals surface area contributed by atoms with E-state index in [1.807, 2.05) is 18.2 Å². The molecule has 0 fully saturated rings. The van der Waals surface area contributed by atoms with E-state index in [4.69, 9.17) is 14.2 Å². The normalized spacial score (nSPS) is 10.7. The van der Waals surface area contributed by atoms with Crippen LogP contribution in [-0.4, -0.2) is 60.5 Å². The van der Waals surface area contributed by atoms with Crippen LogP contribution < -0.4 is 25.7 Å². The van der Waals surface area contributed by atoms with Gasteiger partial charge in [-0.2, -0.15) is 0 Å². The first-order chi connectivity index (χ1) is 21.8. The first-order valence-corrected chi connectivity index (χ1v) is 15.5. The molecule has 0 aliphatic heterocycles. The Bertz CT molecular complexity index is 1710. The van der Waals surface area contributed by atoms with Crippen LogP contribution in [0.2, 0.25) is 0 Å². The molecule has 45 heavy (non-hydrogen) atoms. The van der Waals surface area contributed by atoms with Gasteiger partial charge < -0.3 is 24.8 Å². The highest BCUT2D eigenvalue weighted by Gasteiger charge is 2.15. The van der Waals surface area contributed by atoms with Gasteiger partial charge in [0.1, 0.15) is 0 Å². The molecule has 0 aliphatic carbocycles. The zero-order valence-corrected chi connectivity index (χ0v) is 26.3. The average Bonchev–Trinajstić information content (AvgIpc) is 3.05. The van der Waals surface area contributed by atoms with Crippen LogP contribution in [0.5, 0.6) is 11.5 Å². The van der Waals surface area contributed by atoms with E-state index in [0.717, 1.165) is 17.3 Å². The molecular formula is C33H36N4O7S. The van der Waals surface area contributed by atoms with Gasteiger partial charge in [-0.1, -0.05) is 30.0 Å². The summed E-state index contributed by atoms with van der Waals surface area (Å²) in [5, 5.41) is 6.57. The second kappa shape index (κ2) is 16.3. The number of fused-ring (bicyclic) bond motifs is 1. The van der Waals surface area contributed by atoms with E-state index >= 15 is 0 Å². The molecule has 0 radical (unpaired) electrons. The summed E-state index contributed by atoms with van der Waals surface area (Å²) in [5.41, 5.74) is 2.21. The number of methoxy groups -OCH3 is 2. The summed E-state index contributed by atoms with van der Waals surface area (Å²) < 4.78 is 17.1. The van der Waals surface area contributed by atoms with Gasteiger partial charge in [0.05, 0.1) is 43.0 Å². The summed E-state index contributed by atoms with van der Waals surface area (Å²) in [4.78, 5) is 55.2. The van der Waals surface area contributed by atoms with Crippen molar-refractivity contribution in [1.82, 2.24) is 14.9 Å². The van der Waals surface area contributed by atoms with Crippen molar-refractivity contribution in [3.8, 4) is 11.5 Å². The van der Waals surface area contributed by atoms with Crippen LogP contribution in [0, 0.1) is 0 Å². The zero-order valence-electron chi connectivity index (χ0n) is 25.5. The molecule has 4 rings (SSSR count). The van der Waals surface area contributed by atoms with Crippen molar-refractivity contribution in [2.45, 2.75) is 37.9 Å². The highest BCUT2D eigenvalue weighted by molar-refractivity contribution is 7.99. The summed E-state index contributed by atoms with van der Waals surface area (Å²) in [5.74, 6) is 0.418. The number of amides is 2. The van der Waals surface area contributed by atoms with Crippen LogP contribution in [-0.2, 0) is 27.3 Å². The number of hydrogen-bond acceptors (Lipinski definition) is 9. The Morgan fingerprint density at radius 3 is 2.42 bits per heavy atom. The fourth-order valence-electron chi connectivity index (χ4n) is 4.55. The number of thioether (sulfide) groups is 1. The van der Waals surface area contributed by atoms with Crippen LogP contribution in [0.15, 0.2) is 76.7 Å². The standard InChI is InChI=1S/C33H36N4O7S/c1-4-44-32(41)23-12-14-24(15-13-23)35-30(39)21-45-33-36-26-9-6-5-8-25(26)31(40)37(33)19-7-10-29(38)34-18-17-22-11-16-27(42-2)28(20-22)43-3/h5-6,8-9,11-16,20H,4,7,10,17-19,21H2,1-3H3,(H,34,38)(H,35,39). The molecule has 0 aliphatic rings. The van der Waals surface area contributed by atoms with E-state index < -0.39 is 5.97 Å². The lowest BCUT2D eigenvalue weighted by atomic mass is 10.1. The number of hydrogen-bond donors (Lipinski definition) is 2. The summed E-state index contributed by atoms with van der Waals surface area (Å²) in [6.45, 7) is 2.72. The molecule has 236 valence electrons. The van der Waals surface area contributed by atoms with Gasteiger partial charge in [0.25, 0.3) is 5.56 Å². The van der Waals surface area contributed by atoms with E-state index in [1.165, 1.54) is 4.57 Å². The highest BCUT2D eigenvalue weighted by atomic mass is 32.2. The Morgan fingerprint density at radius 1 is 0.933 bits per heavy atom. The first kappa shape index (κ1) is 33.1. The van der Waals surface area contributed by atoms with Crippen molar-refractivity contribution in [3.05, 3.63) is 88.2 Å². The SMILES string of the molecule is CCOC(=O)c1ccc(NC(=O)CSc2nc3ccccc3c(=O)n2CCCC(=O)NCCc2ccc(OC)c(OC)c2)cc1. The number of carbonyl (C=O) groups is 3. The second-order valence-electron chi connectivity index (χ2n) is 9.90. The number of nitrogens with one attached hydrogen (secondary N) is 2. The Kier molecular flexibility index (Phi) is 12.0. The third-order valence-electron chi connectivity index (χ3n) is 6.81. The van der Waals surface area contributed by atoms with E-state index in [-0.39, 0.29) is 42.7 Å². The monoisotopic (exact) mass is 632 g/mol. The van der Waals surface area contributed by atoms with Gasteiger partial charge in [0, 0.05) is 25.2 Å². The van der Waals surface area contributed by atoms with Crippen LogP contribution in [0.4, 0.5) is 5.69 Å². The minimum absolute atomic E-state index is 0.00103. The molecule has 0 saturated carbocycles. The lowest BCUT2D eigenvalue weighted by Gasteiger charge is -2.13. The fourth-order valence-corrected chi connectivity index (χ4v) is 5.38. The molecule has 1 aromatic heterocycles. The molecule has 3 aromatic carbocycles. The maximum absolute atomic E-state index is 13.4. The van der Waals surface area contributed by atoms with Crippen molar-refractivity contribution in [2.24, 2.45) is 0 Å². The molecule has 0 unspecified atom stereocenters. The number of nitrogens with zero attached hydrogens (tertiary/aromatic N) is 2. The molecule has 12 heteroatoms. The van der Waals surface area contributed by atoms with E-state index in [0.29, 0.717) is 58.2 Å². The van der Waals surface area contributed by atoms with Crippen molar-refractivity contribution in [2.75, 3.05) is 38.4 Å². The van der Waals surface area contributed by atoms with Gasteiger partial charge in [-0.3, -0.25) is 19.0 Å².